The monoisotopic (exact) mass is 296 g/mol. The summed E-state index contributed by atoms with van der Waals surface area (Å²) in [5, 5.41) is 26.7. The largest absolute Gasteiger partial charge is 0.544 e. The molecule has 0 heterocycles. The highest BCUT2D eigenvalue weighted by Gasteiger charge is 2.18. The van der Waals surface area contributed by atoms with Gasteiger partial charge in [-0.1, -0.05) is 12.1 Å². The Hall–Kier alpha value is -2.12. The molecule has 7 heteroatoms. The van der Waals surface area contributed by atoms with Gasteiger partial charge >= 0.3 is 0 Å². The molecule has 1 atom stereocenters. The van der Waals surface area contributed by atoms with Gasteiger partial charge in [0.1, 0.15) is 11.8 Å². The molecule has 1 aromatic carbocycles. The lowest BCUT2D eigenvalue weighted by Gasteiger charge is -2.16. The summed E-state index contributed by atoms with van der Waals surface area (Å²) in [6.45, 7) is 1.52. The molecule has 0 saturated heterocycles. The third-order valence-corrected chi connectivity index (χ3v) is 3.03. The quantitative estimate of drug-likeness (QED) is 0.286. The average molecular weight is 296 g/mol. The highest BCUT2D eigenvalue weighted by atomic mass is 16.4. The van der Waals surface area contributed by atoms with Gasteiger partial charge in [0.25, 0.3) is 0 Å². The van der Waals surface area contributed by atoms with Crippen LogP contribution < -0.4 is 21.1 Å². The number of benzene rings is 1. The number of nitrogens with one attached hydrogen (secondary N) is 1. The van der Waals surface area contributed by atoms with Crippen molar-refractivity contribution in [3.63, 3.8) is 0 Å². The van der Waals surface area contributed by atoms with E-state index in [-0.39, 0.29) is 17.9 Å². The molecule has 116 valence electrons. The molecule has 6 N–H and O–H groups in total. The second-order valence-electron chi connectivity index (χ2n) is 4.77. The Morgan fingerprint density at radius 3 is 2.67 bits per heavy atom. The lowest BCUT2D eigenvalue weighted by atomic mass is 10.2. The first-order chi connectivity index (χ1) is 10.0. The van der Waals surface area contributed by atoms with Crippen molar-refractivity contribution in [3.05, 3.63) is 24.3 Å². The maximum atomic E-state index is 11.8. The van der Waals surface area contributed by atoms with E-state index in [9.17, 15) is 19.8 Å². The van der Waals surface area contributed by atoms with Crippen LogP contribution in [0.4, 0.5) is 5.69 Å². The molecule has 1 aromatic rings. The number of hydrogen-bond donors (Lipinski definition) is 4. The van der Waals surface area contributed by atoms with Crippen molar-refractivity contribution >= 4 is 17.6 Å². The minimum atomic E-state index is -1.26. The number of hydrogen-bond acceptors (Lipinski definition) is 4. The molecule has 0 radical (unpaired) electrons. The topological polar surface area (TPSA) is 123 Å². The summed E-state index contributed by atoms with van der Waals surface area (Å²) in [5.74, 6) is -1.79. The van der Waals surface area contributed by atoms with Crippen molar-refractivity contribution < 1.29 is 30.4 Å². The number of aliphatic carboxylic acids is 1. The Bertz CT molecular complexity index is 479. The van der Waals surface area contributed by atoms with Gasteiger partial charge in [-0.15, -0.1) is 0 Å². The zero-order valence-corrected chi connectivity index (χ0v) is 12.0. The van der Waals surface area contributed by atoms with Crippen LogP contribution in [0.3, 0.4) is 0 Å². The Morgan fingerprint density at radius 1 is 1.33 bits per heavy atom. The fourth-order valence-corrected chi connectivity index (χ4v) is 1.88. The van der Waals surface area contributed by atoms with Gasteiger partial charge in [0, 0.05) is 6.42 Å². The van der Waals surface area contributed by atoms with Crippen LogP contribution in [-0.4, -0.2) is 43.2 Å². The normalized spacial score (nSPS) is 11.9. The number of anilines is 1. The van der Waals surface area contributed by atoms with Crippen LogP contribution in [0.1, 0.15) is 12.8 Å². The first kappa shape index (κ1) is 16.9. The number of amides is 1. The number of quaternary nitrogens is 2. The highest BCUT2D eigenvalue weighted by molar-refractivity contribution is 5.94. The number of phenols is 1. The third-order valence-electron chi connectivity index (χ3n) is 3.03. The van der Waals surface area contributed by atoms with E-state index in [2.05, 4.69) is 5.32 Å². The van der Waals surface area contributed by atoms with Gasteiger partial charge in [0.2, 0.25) is 5.91 Å². The summed E-state index contributed by atoms with van der Waals surface area (Å²) in [6, 6.07) is 5.36. The van der Waals surface area contributed by atoms with Crippen LogP contribution in [0.25, 0.3) is 0 Å². The SMILES string of the molecule is C[NH2+]CCC[NH2+][C@H](CC(=O)Nc1ccccc1O)C(=O)[O-]. The summed E-state index contributed by atoms with van der Waals surface area (Å²) >= 11 is 0. The van der Waals surface area contributed by atoms with Crippen LogP contribution >= 0.6 is 0 Å². The summed E-state index contributed by atoms with van der Waals surface area (Å²) in [4.78, 5) is 22.9. The van der Waals surface area contributed by atoms with Crippen LogP contribution in [0.2, 0.25) is 0 Å². The highest BCUT2D eigenvalue weighted by Crippen LogP contribution is 2.21. The number of carbonyl (C=O) groups is 2. The summed E-state index contributed by atoms with van der Waals surface area (Å²) in [7, 11) is 1.94. The third kappa shape index (κ3) is 6.24. The maximum absolute atomic E-state index is 11.8. The van der Waals surface area contributed by atoms with Crippen LogP contribution in [-0.2, 0) is 9.59 Å². The zero-order valence-electron chi connectivity index (χ0n) is 12.0. The Kier molecular flexibility index (Phi) is 7.20. The molecule has 0 aliphatic heterocycles. The molecule has 7 nitrogen and oxygen atoms in total. The van der Waals surface area contributed by atoms with Gasteiger partial charge < -0.3 is 31.0 Å². The maximum Gasteiger partial charge on any atom is 0.230 e. The number of nitrogens with two attached hydrogens (primary N) is 2. The molecule has 1 amide bonds. The number of rotatable bonds is 9. The molecule has 0 bridgehead atoms. The molecule has 0 saturated carbocycles. The molecule has 0 unspecified atom stereocenters. The second kappa shape index (κ2) is 8.93. The van der Waals surface area contributed by atoms with Gasteiger partial charge in [-0.05, 0) is 12.1 Å². The fraction of sp³-hybridized carbons (Fsp3) is 0.429. The number of aromatic hydroxyl groups is 1. The van der Waals surface area contributed by atoms with E-state index in [1.807, 2.05) is 12.4 Å². The molecule has 0 aliphatic carbocycles. The lowest BCUT2D eigenvalue weighted by Crippen LogP contribution is -2.94. The molecular weight excluding hydrogens is 274 g/mol. The number of carbonyl (C=O) groups excluding carboxylic acids is 2. The molecular formula is C14H22N3O4+. The molecule has 0 spiro atoms. The van der Waals surface area contributed by atoms with Crippen LogP contribution in [0, 0.1) is 0 Å². The van der Waals surface area contributed by atoms with Crippen molar-refractivity contribution in [3.8, 4) is 5.75 Å². The summed E-state index contributed by atoms with van der Waals surface area (Å²) < 4.78 is 0. The smallest absolute Gasteiger partial charge is 0.230 e. The molecule has 1 rings (SSSR count). The number of para-hydroxylation sites is 2. The van der Waals surface area contributed by atoms with E-state index in [0.29, 0.717) is 6.54 Å². The van der Waals surface area contributed by atoms with Crippen molar-refractivity contribution in [2.75, 3.05) is 25.5 Å². The number of carboxylic acid groups (broad SMARTS) is 1. The first-order valence-electron chi connectivity index (χ1n) is 6.94. The zero-order chi connectivity index (χ0) is 15.7. The Morgan fingerprint density at radius 2 is 2.05 bits per heavy atom. The van der Waals surface area contributed by atoms with Gasteiger partial charge in [-0.3, -0.25) is 4.79 Å². The van der Waals surface area contributed by atoms with Crippen LogP contribution in [0.15, 0.2) is 24.3 Å². The number of carboxylic acids is 1. The van der Waals surface area contributed by atoms with E-state index in [1.54, 1.807) is 23.5 Å². The molecule has 0 aliphatic rings. The minimum Gasteiger partial charge on any atom is -0.544 e. The second-order valence-corrected chi connectivity index (χ2v) is 4.77. The van der Waals surface area contributed by atoms with E-state index in [4.69, 9.17) is 0 Å². The Labute approximate surface area is 123 Å². The van der Waals surface area contributed by atoms with Gasteiger partial charge in [0.15, 0.2) is 0 Å². The fourth-order valence-electron chi connectivity index (χ4n) is 1.88. The van der Waals surface area contributed by atoms with E-state index >= 15 is 0 Å². The van der Waals surface area contributed by atoms with Crippen molar-refractivity contribution in [2.24, 2.45) is 0 Å². The van der Waals surface area contributed by atoms with Crippen molar-refractivity contribution in [1.82, 2.24) is 0 Å². The molecule has 21 heavy (non-hydrogen) atoms. The summed E-state index contributed by atoms with van der Waals surface area (Å²) in [5.41, 5.74) is 0.264. The molecule has 0 aromatic heterocycles. The predicted octanol–water partition coefficient (Wildman–Crippen LogP) is -3.01. The van der Waals surface area contributed by atoms with Crippen molar-refractivity contribution in [2.45, 2.75) is 18.9 Å². The summed E-state index contributed by atoms with van der Waals surface area (Å²) in [6.07, 6.45) is 0.647. The lowest BCUT2D eigenvalue weighted by molar-refractivity contribution is -0.692. The standard InChI is InChI=1S/C14H21N3O4/c1-15-7-4-8-16-11(14(20)21)9-13(19)17-10-5-2-3-6-12(10)18/h2-3,5-6,11,15-16,18H,4,7-9H2,1H3,(H,17,19)(H,20,21)/p+1/t11-/m1/s1. The number of phenolic OH excluding ortho intramolecular Hbond substituents is 1. The molecule has 0 fully saturated rings. The Balaban J connectivity index is 2.49. The van der Waals surface area contributed by atoms with Crippen molar-refractivity contribution in [1.29, 1.82) is 0 Å². The van der Waals surface area contributed by atoms with E-state index in [0.717, 1.165) is 13.0 Å². The van der Waals surface area contributed by atoms with Crippen LogP contribution in [0.5, 0.6) is 5.75 Å². The minimum absolute atomic E-state index is 0.0571. The van der Waals surface area contributed by atoms with Gasteiger partial charge in [-0.2, -0.15) is 0 Å². The van der Waals surface area contributed by atoms with E-state index < -0.39 is 17.9 Å². The van der Waals surface area contributed by atoms with Gasteiger partial charge in [0.05, 0.1) is 38.2 Å². The first-order valence-corrected chi connectivity index (χ1v) is 6.94. The van der Waals surface area contributed by atoms with E-state index in [1.165, 1.54) is 6.07 Å². The average Bonchev–Trinajstić information content (AvgIpc) is 2.44. The predicted molar refractivity (Wildman–Crippen MR) is 74.3 cm³/mol. The van der Waals surface area contributed by atoms with Gasteiger partial charge in [-0.25, -0.2) is 0 Å².